The first kappa shape index (κ1) is 11.8. The largest absolute Gasteiger partial charge is 0.325 e. The Labute approximate surface area is 101 Å². The summed E-state index contributed by atoms with van der Waals surface area (Å²) in [5.41, 5.74) is 8.75. The summed E-state index contributed by atoms with van der Waals surface area (Å²) >= 11 is 0. The molecule has 17 heavy (non-hydrogen) atoms. The van der Waals surface area contributed by atoms with Crippen LogP contribution in [0.4, 0.5) is 0 Å². The van der Waals surface area contributed by atoms with Crippen molar-refractivity contribution in [1.82, 2.24) is 15.0 Å². The fourth-order valence-electron chi connectivity index (χ4n) is 1.86. The first-order valence-corrected chi connectivity index (χ1v) is 5.91. The molecule has 0 spiro atoms. The molecule has 0 aliphatic heterocycles. The molecule has 0 bridgehead atoms. The minimum Gasteiger partial charge on any atom is -0.325 e. The summed E-state index contributed by atoms with van der Waals surface area (Å²) in [4.78, 5) is 0. The molecule has 0 aliphatic carbocycles. The maximum Gasteiger partial charge on any atom is 0.0999 e. The molecule has 0 amide bonds. The molecule has 0 radical (unpaired) electrons. The van der Waals surface area contributed by atoms with Crippen LogP contribution in [-0.4, -0.2) is 15.0 Å². The Balaban J connectivity index is 2.44. The minimum atomic E-state index is 0.439. The third-order valence-electron chi connectivity index (χ3n) is 2.64. The molecule has 0 aliphatic rings. The summed E-state index contributed by atoms with van der Waals surface area (Å²) in [6, 6.07) is 10.0. The lowest BCUT2D eigenvalue weighted by molar-refractivity contribution is 0.611. The smallest absolute Gasteiger partial charge is 0.0999 e. The highest BCUT2D eigenvalue weighted by Gasteiger charge is 2.13. The van der Waals surface area contributed by atoms with E-state index >= 15 is 0 Å². The summed E-state index contributed by atoms with van der Waals surface area (Å²) in [7, 11) is 0. The summed E-state index contributed by atoms with van der Waals surface area (Å²) in [5.74, 6) is 0.557. The van der Waals surface area contributed by atoms with Crippen LogP contribution in [0.1, 0.15) is 25.2 Å². The number of hydrogen-bond donors (Lipinski definition) is 1. The van der Waals surface area contributed by atoms with Crippen LogP contribution < -0.4 is 5.73 Å². The molecular formula is C13H18N4. The second-order valence-corrected chi connectivity index (χ2v) is 4.53. The third-order valence-corrected chi connectivity index (χ3v) is 2.64. The van der Waals surface area contributed by atoms with Crippen LogP contribution in [0, 0.1) is 5.92 Å². The highest BCUT2D eigenvalue weighted by molar-refractivity contribution is 5.33. The number of rotatable bonds is 4. The molecule has 4 heteroatoms. The zero-order chi connectivity index (χ0) is 12.3. The van der Waals surface area contributed by atoms with Gasteiger partial charge in [0.25, 0.3) is 0 Å². The Morgan fingerprint density at radius 1 is 1.24 bits per heavy atom. The average Bonchev–Trinajstić information content (AvgIpc) is 2.72. The summed E-state index contributed by atoms with van der Waals surface area (Å²) in [5, 5.41) is 8.35. The monoisotopic (exact) mass is 230 g/mol. The van der Waals surface area contributed by atoms with Crippen molar-refractivity contribution in [3.63, 3.8) is 0 Å². The lowest BCUT2D eigenvalue weighted by Gasteiger charge is -2.09. The molecule has 1 aromatic carbocycles. The first-order valence-electron chi connectivity index (χ1n) is 5.91. The van der Waals surface area contributed by atoms with Gasteiger partial charge in [-0.1, -0.05) is 37.3 Å². The zero-order valence-electron chi connectivity index (χ0n) is 10.3. The van der Waals surface area contributed by atoms with Crippen LogP contribution in [0.2, 0.25) is 0 Å². The molecule has 2 aromatic rings. The van der Waals surface area contributed by atoms with Crippen molar-refractivity contribution < 1.29 is 0 Å². The average molecular weight is 230 g/mol. The first-order chi connectivity index (χ1) is 8.22. The molecule has 0 saturated carbocycles. The highest BCUT2D eigenvalue weighted by Crippen LogP contribution is 2.16. The number of nitrogens with two attached hydrogens (primary N) is 1. The lowest BCUT2D eigenvalue weighted by Crippen LogP contribution is -2.09. The van der Waals surface area contributed by atoms with Crippen LogP contribution in [0.15, 0.2) is 30.3 Å². The summed E-state index contributed by atoms with van der Waals surface area (Å²) in [6.45, 7) is 4.81. The van der Waals surface area contributed by atoms with Gasteiger partial charge in [-0.25, -0.2) is 4.68 Å². The van der Waals surface area contributed by atoms with Gasteiger partial charge in [0.05, 0.1) is 17.1 Å². The van der Waals surface area contributed by atoms with Gasteiger partial charge in [0.15, 0.2) is 0 Å². The zero-order valence-corrected chi connectivity index (χ0v) is 10.3. The molecular weight excluding hydrogens is 212 g/mol. The van der Waals surface area contributed by atoms with Crippen molar-refractivity contribution in [1.29, 1.82) is 0 Å². The number of nitrogens with zero attached hydrogens (tertiary/aromatic N) is 3. The number of benzene rings is 1. The maximum absolute atomic E-state index is 5.70. The van der Waals surface area contributed by atoms with Crippen LogP contribution in [0.5, 0.6) is 0 Å². The minimum absolute atomic E-state index is 0.439. The number of aromatic nitrogens is 3. The lowest BCUT2D eigenvalue weighted by atomic mass is 10.1. The predicted molar refractivity (Wildman–Crippen MR) is 67.8 cm³/mol. The van der Waals surface area contributed by atoms with E-state index in [0.717, 1.165) is 23.5 Å². The SMILES string of the molecule is CC(C)Cc1c(CN)nnn1-c1ccccc1. The second kappa shape index (κ2) is 5.10. The standard InChI is InChI=1S/C13H18N4/c1-10(2)8-13-12(9-14)15-16-17(13)11-6-4-3-5-7-11/h3-7,10H,8-9,14H2,1-2H3. The summed E-state index contributed by atoms with van der Waals surface area (Å²) < 4.78 is 1.89. The Hall–Kier alpha value is -1.68. The molecule has 4 nitrogen and oxygen atoms in total. The molecule has 2 N–H and O–H groups in total. The molecule has 90 valence electrons. The van der Waals surface area contributed by atoms with Crippen molar-refractivity contribution in [3.8, 4) is 5.69 Å². The van der Waals surface area contributed by atoms with Gasteiger partial charge in [0.1, 0.15) is 0 Å². The summed E-state index contributed by atoms with van der Waals surface area (Å²) in [6.07, 6.45) is 0.939. The van der Waals surface area contributed by atoms with E-state index in [-0.39, 0.29) is 0 Å². The quantitative estimate of drug-likeness (QED) is 0.873. The van der Waals surface area contributed by atoms with Gasteiger partial charge in [-0.15, -0.1) is 5.10 Å². The van der Waals surface area contributed by atoms with Crippen molar-refractivity contribution in [2.45, 2.75) is 26.8 Å². The molecule has 2 rings (SSSR count). The molecule has 1 aromatic heterocycles. The number of para-hydroxylation sites is 1. The molecule has 0 fully saturated rings. The Morgan fingerprint density at radius 2 is 1.94 bits per heavy atom. The van der Waals surface area contributed by atoms with Gasteiger partial charge in [0.2, 0.25) is 0 Å². The fourth-order valence-corrected chi connectivity index (χ4v) is 1.86. The molecule has 0 unspecified atom stereocenters. The Bertz CT molecular complexity index is 473. The molecule has 0 atom stereocenters. The Morgan fingerprint density at radius 3 is 2.53 bits per heavy atom. The van der Waals surface area contributed by atoms with Crippen LogP contribution >= 0.6 is 0 Å². The van der Waals surface area contributed by atoms with E-state index in [1.165, 1.54) is 0 Å². The van der Waals surface area contributed by atoms with Crippen LogP contribution in [0.3, 0.4) is 0 Å². The van der Waals surface area contributed by atoms with Gasteiger partial charge >= 0.3 is 0 Å². The van der Waals surface area contributed by atoms with E-state index in [2.05, 4.69) is 24.2 Å². The van der Waals surface area contributed by atoms with Gasteiger partial charge < -0.3 is 5.73 Å². The number of hydrogen-bond acceptors (Lipinski definition) is 3. The predicted octanol–water partition coefficient (Wildman–Crippen LogP) is 1.92. The van der Waals surface area contributed by atoms with E-state index in [1.54, 1.807) is 0 Å². The van der Waals surface area contributed by atoms with Crippen molar-refractivity contribution in [2.24, 2.45) is 11.7 Å². The highest BCUT2D eigenvalue weighted by atomic mass is 15.4. The van der Waals surface area contributed by atoms with E-state index in [0.29, 0.717) is 12.5 Å². The van der Waals surface area contributed by atoms with Gasteiger partial charge in [0, 0.05) is 6.54 Å². The normalized spacial score (nSPS) is 11.1. The Kier molecular flexibility index (Phi) is 3.54. The van der Waals surface area contributed by atoms with E-state index in [4.69, 9.17) is 5.73 Å². The topological polar surface area (TPSA) is 56.7 Å². The van der Waals surface area contributed by atoms with Crippen LogP contribution in [-0.2, 0) is 13.0 Å². The molecule has 1 heterocycles. The van der Waals surface area contributed by atoms with Gasteiger partial charge in [-0.05, 0) is 24.5 Å². The van der Waals surface area contributed by atoms with Crippen molar-refractivity contribution in [3.05, 3.63) is 41.7 Å². The van der Waals surface area contributed by atoms with Crippen LogP contribution in [0.25, 0.3) is 5.69 Å². The van der Waals surface area contributed by atoms with E-state index in [9.17, 15) is 0 Å². The van der Waals surface area contributed by atoms with E-state index < -0.39 is 0 Å². The molecule has 0 saturated heterocycles. The van der Waals surface area contributed by atoms with E-state index in [1.807, 2.05) is 35.0 Å². The third kappa shape index (κ3) is 2.53. The van der Waals surface area contributed by atoms with Crippen molar-refractivity contribution in [2.75, 3.05) is 0 Å². The second-order valence-electron chi connectivity index (χ2n) is 4.53. The van der Waals surface area contributed by atoms with Gasteiger partial charge in [-0.2, -0.15) is 0 Å². The fraction of sp³-hybridized carbons (Fsp3) is 0.385. The van der Waals surface area contributed by atoms with Gasteiger partial charge in [-0.3, -0.25) is 0 Å². The maximum atomic E-state index is 5.70. The van der Waals surface area contributed by atoms with Crippen molar-refractivity contribution >= 4 is 0 Å².